The van der Waals surface area contributed by atoms with Crippen molar-refractivity contribution in [3.8, 4) is 11.3 Å². The molecule has 0 amide bonds. The van der Waals surface area contributed by atoms with Gasteiger partial charge in [0.05, 0.1) is 5.69 Å². The van der Waals surface area contributed by atoms with Crippen molar-refractivity contribution in [3.05, 3.63) is 65.0 Å². The van der Waals surface area contributed by atoms with E-state index >= 15 is 0 Å². The molecule has 2 heteroatoms. The molecule has 1 aliphatic carbocycles. The summed E-state index contributed by atoms with van der Waals surface area (Å²) in [5.74, 6) is 2.11. The molecule has 1 unspecified atom stereocenters. The third kappa shape index (κ3) is 3.46. The quantitative estimate of drug-likeness (QED) is 0.337. The molecule has 0 N–H and O–H groups in total. The molecule has 1 aliphatic rings. The third-order valence-corrected chi connectivity index (χ3v) is 7.23. The molecule has 2 nitrogen and oxygen atoms in total. The number of nitrogens with zero attached hydrogens (tertiary/aromatic N) is 1. The minimum atomic E-state index is 0.360. The predicted molar refractivity (Wildman–Crippen MR) is 131 cm³/mol. The van der Waals surface area contributed by atoms with Crippen LogP contribution in [0.5, 0.6) is 0 Å². The summed E-state index contributed by atoms with van der Waals surface area (Å²) < 4.78 is 6.44. The molecule has 1 fully saturated rings. The van der Waals surface area contributed by atoms with Crippen molar-refractivity contribution in [1.82, 2.24) is 4.98 Å². The first kappa shape index (κ1) is 20.3. The molecule has 0 aliphatic heterocycles. The number of benzene rings is 2. The van der Waals surface area contributed by atoms with E-state index in [-0.39, 0.29) is 0 Å². The SMILES string of the molecule is Cc1cc(-c2nccc3cc(C4CCC(C)(C)C4)ccc23)c2oc(C(C)C)c(C)c2c1. The van der Waals surface area contributed by atoms with Crippen LogP contribution in [-0.2, 0) is 0 Å². The molecule has 2 heterocycles. The third-order valence-electron chi connectivity index (χ3n) is 7.23. The van der Waals surface area contributed by atoms with Crippen LogP contribution in [0.15, 0.2) is 47.0 Å². The lowest BCUT2D eigenvalue weighted by Gasteiger charge is -2.18. The molecule has 4 aromatic rings. The van der Waals surface area contributed by atoms with Gasteiger partial charge in [-0.3, -0.25) is 4.98 Å². The number of rotatable bonds is 3. The van der Waals surface area contributed by atoms with Crippen LogP contribution in [0, 0.1) is 19.3 Å². The lowest BCUT2D eigenvalue weighted by molar-refractivity contribution is 0.376. The summed E-state index contributed by atoms with van der Waals surface area (Å²) in [6, 6.07) is 13.6. The minimum absolute atomic E-state index is 0.360. The van der Waals surface area contributed by atoms with E-state index in [1.54, 1.807) is 0 Å². The molecule has 31 heavy (non-hydrogen) atoms. The first-order chi connectivity index (χ1) is 14.7. The van der Waals surface area contributed by atoms with Gasteiger partial charge >= 0.3 is 0 Å². The maximum atomic E-state index is 6.44. The maximum absolute atomic E-state index is 6.44. The zero-order valence-electron chi connectivity index (χ0n) is 19.7. The Morgan fingerprint density at radius 1 is 1.03 bits per heavy atom. The molecule has 1 atom stereocenters. The van der Waals surface area contributed by atoms with Gasteiger partial charge in [0.25, 0.3) is 0 Å². The summed E-state index contributed by atoms with van der Waals surface area (Å²) in [6.07, 6.45) is 5.83. The highest BCUT2D eigenvalue weighted by atomic mass is 16.3. The van der Waals surface area contributed by atoms with Crippen LogP contribution in [0.1, 0.15) is 81.2 Å². The Hall–Kier alpha value is -2.61. The number of pyridine rings is 1. The second-order valence-corrected chi connectivity index (χ2v) is 10.7. The first-order valence-electron chi connectivity index (χ1n) is 11.7. The Morgan fingerprint density at radius 3 is 2.55 bits per heavy atom. The summed E-state index contributed by atoms with van der Waals surface area (Å²) in [5, 5.41) is 3.69. The number of furan rings is 1. The van der Waals surface area contributed by atoms with E-state index in [9.17, 15) is 0 Å². The van der Waals surface area contributed by atoms with Crippen molar-refractivity contribution in [3.63, 3.8) is 0 Å². The second kappa shape index (κ2) is 7.22. The van der Waals surface area contributed by atoms with Gasteiger partial charge in [0.2, 0.25) is 0 Å². The van der Waals surface area contributed by atoms with Crippen molar-refractivity contribution in [1.29, 1.82) is 0 Å². The Bertz CT molecular complexity index is 1290. The molecule has 0 saturated heterocycles. The summed E-state index contributed by atoms with van der Waals surface area (Å²) in [6.45, 7) is 13.5. The average molecular weight is 412 g/mol. The molecule has 0 bridgehead atoms. The molecule has 2 aromatic carbocycles. The zero-order valence-corrected chi connectivity index (χ0v) is 19.7. The van der Waals surface area contributed by atoms with Gasteiger partial charge in [-0.2, -0.15) is 0 Å². The average Bonchev–Trinajstić information content (AvgIpc) is 3.26. The topological polar surface area (TPSA) is 26.0 Å². The Labute approximate surface area is 185 Å². The highest BCUT2D eigenvalue weighted by Crippen LogP contribution is 2.47. The van der Waals surface area contributed by atoms with Gasteiger partial charge in [-0.25, -0.2) is 0 Å². The summed E-state index contributed by atoms with van der Waals surface area (Å²) in [5.41, 5.74) is 7.51. The summed E-state index contributed by atoms with van der Waals surface area (Å²) >= 11 is 0. The monoisotopic (exact) mass is 411 g/mol. The molecule has 1 saturated carbocycles. The van der Waals surface area contributed by atoms with Gasteiger partial charge in [-0.15, -0.1) is 0 Å². The maximum Gasteiger partial charge on any atom is 0.143 e. The van der Waals surface area contributed by atoms with E-state index in [0.29, 0.717) is 17.3 Å². The fourth-order valence-electron chi connectivity index (χ4n) is 5.59. The zero-order chi connectivity index (χ0) is 21.9. The van der Waals surface area contributed by atoms with E-state index in [0.717, 1.165) is 22.6 Å². The van der Waals surface area contributed by atoms with Gasteiger partial charge in [0, 0.05) is 28.5 Å². The predicted octanol–water partition coefficient (Wildman–Crippen LogP) is 8.68. The summed E-state index contributed by atoms with van der Waals surface area (Å²) in [4.78, 5) is 4.84. The van der Waals surface area contributed by atoms with Crippen molar-refractivity contribution in [2.45, 2.75) is 72.6 Å². The van der Waals surface area contributed by atoms with E-state index in [1.807, 2.05) is 6.20 Å². The van der Waals surface area contributed by atoms with Crippen molar-refractivity contribution < 1.29 is 4.42 Å². The van der Waals surface area contributed by atoms with Crippen LogP contribution in [0.2, 0.25) is 0 Å². The highest BCUT2D eigenvalue weighted by Gasteiger charge is 2.31. The summed E-state index contributed by atoms with van der Waals surface area (Å²) in [7, 11) is 0. The Morgan fingerprint density at radius 2 is 1.84 bits per heavy atom. The van der Waals surface area contributed by atoms with Gasteiger partial charge in [-0.05, 0) is 84.7 Å². The molecule has 5 rings (SSSR count). The highest BCUT2D eigenvalue weighted by molar-refractivity contribution is 6.03. The molecular weight excluding hydrogens is 378 g/mol. The number of hydrogen-bond acceptors (Lipinski definition) is 2. The normalized spacial score (nSPS) is 18.5. The number of aryl methyl sites for hydroxylation is 2. The first-order valence-corrected chi connectivity index (χ1v) is 11.7. The van der Waals surface area contributed by atoms with Crippen molar-refractivity contribution in [2.75, 3.05) is 0 Å². The lowest BCUT2D eigenvalue weighted by atomic mass is 9.88. The van der Waals surface area contributed by atoms with Crippen LogP contribution in [0.25, 0.3) is 33.0 Å². The van der Waals surface area contributed by atoms with E-state index in [1.165, 1.54) is 52.1 Å². The van der Waals surface area contributed by atoms with Crippen LogP contribution in [0.4, 0.5) is 0 Å². The Balaban J connectivity index is 1.67. The number of hydrogen-bond donors (Lipinski definition) is 0. The standard InChI is InChI=1S/C29H33NO/c1-17(2)27-19(4)24-13-18(3)14-25(28(24)31-27)26-23-8-7-20(15-21(23)10-12-30-26)22-9-11-29(5,6)16-22/h7-8,10,12-15,17,22H,9,11,16H2,1-6H3. The molecule has 160 valence electrons. The fraction of sp³-hybridized carbons (Fsp3) is 0.414. The van der Waals surface area contributed by atoms with Crippen LogP contribution >= 0.6 is 0 Å². The smallest absolute Gasteiger partial charge is 0.143 e. The van der Waals surface area contributed by atoms with Gasteiger partial charge in [0.15, 0.2) is 0 Å². The second-order valence-electron chi connectivity index (χ2n) is 10.7. The Kier molecular flexibility index (Phi) is 4.73. The lowest BCUT2D eigenvalue weighted by Crippen LogP contribution is -2.04. The van der Waals surface area contributed by atoms with E-state index in [2.05, 4.69) is 77.9 Å². The van der Waals surface area contributed by atoms with Crippen molar-refractivity contribution in [2.24, 2.45) is 5.41 Å². The van der Waals surface area contributed by atoms with Crippen LogP contribution in [0.3, 0.4) is 0 Å². The molecule has 0 radical (unpaired) electrons. The van der Waals surface area contributed by atoms with E-state index < -0.39 is 0 Å². The largest absolute Gasteiger partial charge is 0.460 e. The molecule has 2 aromatic heterocycles. The van der Waals surface area contributed by atoms with Crippen LogP contribution < -0.4 is 0 Å². The molecule has 0 spiro atoms. The van der Waals surface area contributed by atoms with Gasteiger partial charge in [0.1, 0.15) is 11.3 Å². The molecular formula is C29H33NO. The number of aromatic nitrogens is 1. The van der Waals surface area contributed by atoms with Crippen molar-refractivity contribution >= 4 is 21.7 Å². The minimum Gasteiger partial charge on any atom is -0.460 e. The fourth-order valence-corrected chi connectivity index (χ4v) is 5.59. The van der Waals surface area contributed by atoms with Crippen LogP contribution in [-0.4, -0.2) is 4.98 Å². The number of fused-ring (bicyclic) bond motifs is 2. The van der Waals surface area contributed by atoms with E-state index in [4.69, 9.17) is 9.40 Å². The van der Waals surface area contributed by atoms with Gasteiger partial charge in [-0.1, -0.05) is 45.9 Å². The van der Waals surface area contributed by atoms with Gasteiger partial charge < -0.3 is 4.42 Å².